The number of hydrogen-bond donors (Lipinski definition) is 1. The molecule has 0 aliphatic carbocycles. The lowest BCUT2D eigenvalue weighted by molar-refractivity contribution is -0.118. The quantitative estimate of drug-likeness (QED) is 0.721. The maximum atomic E-state index is 12.1. The first-order valence-electron chi connectivity index (χ1n) is 8.53. The number of carbonyl (C=O) groups is 1. The maximum absolute atomic E-state index is 12.1. The Hall–Kier alpha value is -3.41. The molecule has 3 aromatic rings. The van der Waals surface area contributed by atoms with Crippen molar-refractivity contribution in [3.63, 3.8) is 0 Å². The fourth-order valence-electron chi connectivity index (χ4n) is 2.48. The minimum atomic E-state index is -0.281. The van der Waals surface area contributed by atoms with E-state index in [9.17, 15) is 4.79 Å². The molecule has 6 nitrogen and oxygen atoms in total. The zero-order chi connectivity index (χ0) is 19.2. The molecule has 0 saturated carbocycles. The number of rotatable bonds is 6. The third kappa shape index (κ3) is 5.04. The van der Waals surface area contributed by atoms with Crippen LogP contribution in [0, 0.1) is 13.8 Å². The van der Waals surface area contributed by atoms with Crippen molar-refractivity contribution >= 4 is 11.6 Å². The van der Waals surface area contributed by atoms with E-state index in [4.69, 9.17) is 9.47 Å². The predicted molar refractivity (Wildman–Crippen MR) is 104 cm³/mol. The first kappa shape index (κ1) is 18.4. The van der Waals surface area contributed by atoms with E-state index >= 15 is 0 Å². The summed E-state index contributed by atoms with van der Waals surface area (Å²) in [6, 6.07) is 16.8. The zero-order valence-electron chi connectivity index (χ0n) is 15.5. The average molecular weight is 363 g/mol. The van der Waals surface area contributed by atoms with Gasteiger partial charge in [0.1, 0.15) is 5.75 Å². The number of ether oxygens (including phenoxy) is 2. The van der Waals surface area contributed by atoms with Gasteiger partial charge in [-0.25, -0.2) is 4.98 Å². The van der Waals surface area contributed by atoms with Crippen LogP contribution in [0.3, 0.4) is 0 Å². The van der Waals surface area contributed by atoms with Crippen molar-refractivity contribution in [2.75, 3.05) is 19.0 Å². The monoisotopic (exact) mass is 363 g/mol. The number of methoxy groups -OCH3 is 1. The Morgan fingerprint density at radius 1 is 1.04 bits per heavy atom. The molecule has 1 heterocycles. The van der Waals surface area contributed by atoms with E-state index in [0.717, 1.165) is 16.8 Å². The van der Waals surface area contributed by atoms with Crippen LogP contribution < -0.4 is 14.8 Å². The third-order valence-corrected chi connectivity index (χ3v) is 3.85. The van der Waals surface area contributed by atoms with Gasteiger partial charge in [-0.2, -0.15) is 4.98 Å². The Morgan fingerprint density at radius 2 is 1.81 bits per heavy atom. The van der Waals surface area contributed by atoms with E-state index in [-0.39, 0.29) is 12.5 Å². The van der Waals surface area contributed by atoms with Crippen LogP contribution in [0.5, 0.6) is 11.6 Å². The highest BCUT2D eigenvalue weighted by Crippen LogP contribution is 2.20. The van der Waals surface area contributed by atoms with Crippen molar-refractivity contribution in [2.24, 2.45) is 0 Å². The highest BCUT2D eigenvalue weighted by atomic mass is 16.5. The summed E-state index contributed by atoms with van der Waals surface area (Å²) in [7, 11) is 1.58. The molecule has 0 aliphatic rings. The van der Waals surface area contributed by atoms with Crippen LogP contribution >= 0.6 is 0 Å². The average Bonchev–Trinajstić information content (AvgIpc) is 2.67. The highest BCUT2D eigenvalue weighted by molar-refractivity contribution is 5.92. The Kier molecular flexibility index (Phi) is 5.66. The Labute approximate surface area is 158 Å². The molecule has 0 radical (unpaired) electrons. The van der Waals surface area contributed by atoms with Crippen LogP contribution in [0.1, 0.15) is 11.3 Å². The van der Waals surface area contributed by atoms with Gasteiger partial charge in [0.2, 0.25) is 5.88 Å². The van der Waals surface area contributed by atoms with Gasteiger partial charge in [-0.3, -0.25) is 4.79 Å². The molecule has 6 heteroatoms. The molecule has 3 rings (SSSR count). The molecule has 0 aliphatic heterocycles. The summed E-state index contributed by atoms with van der Waals surface area (Å²) < 4.78 is 10.7. The third-order valence-electron chi connectivity index (χ3n) is 3.85. The van der Waals surface area contributed by atoms with Crippen LogP contribution in [0.25, 0.3) is 11.4 Å². The lowest BCUT2D eigenvalue weighted by Crippen LogP contribution is -2.20. The summed E-state index contributed by atoms with van der Waals surface area (Å²) in [5.41, 5.74) is 3.47. The van der Waals surface area contributed by atoms with Crippen LogP contribution in [0.2, 0.25) is 0 Å². The molecule has 138 valence electrons. The molecule has 0 bridgehead atoms. The van der Waals surface area contributed by atoms with Gasteiger partial charge in [0.25, 0.3) is 5.91 Å². The Balaban J connectivity index is 1.66. The number of aromatic nitrogens is 2. The summed E-state index contributed by atoms with van der Waals surface area (Å²) in [6.07, 6.45) is 0. The lowest BCUT2D eigenvalue weighted by atomic mass is 10.1. The van der Waals surface area contributed by atoms with Gasteiger partial charge >= 0.3 is 0 Å². The van der Waals surface area contributed by atoms with Crippen LogP contribution in [0.4, 0.5) is 5.69 Å². The number of hydrogen-bond acceptors (Lipinski definition) is 5. The molecule has 0 saturated heterocycles. The second-order valence-corrected chi connectivity index (χ2v) is 6.11. The Bertz CT molecular complexity index is 940. The number of benzene rings is 2. The maximum Gasteiger partial charge on any atom is 0.262 e. The minimum Gasteiger partial charge on any atom is -0.497 e. The van der Waals surface area contributed by atoms with Crippen molar-refractivity contribution in [3.05, 3.63) is 65.9 Å². The van der Waals surface area contributed by atoms with Gasteiger partial charge in [0.05, 0.1) is 7.11 Å². The van der Waals surface area contributed by atoms with E-state index in [0.29, 0.717) is 23.1 Å². The normalized spacial score (nSPS) is 10.3. The molecule has 0 atom stereocenters. The fraction of sp³-hybridized carbons (Fsp3) is 0.190. The topological polar surface area (TPSA) is 73.3 Å². The van der Waals surface area contributed by atoms with Crippen molar-refractivity contribution in [1.82, 2.24) is 9.97 Å². The summed E-state index contributed by atoms with van der Waals surface area (Å²) in [5.74, 6) is 1.32. The van der Waals surface area contributed by atoms with Gasteiger partial charge in [0.15, 0.2) is 12.4 Å². The van der Waals surface area contributed by atoms with Crippen molar-refractivity contribution < 1.29 is 14.3 Å². The molecule has 1 aromatic heterocycles. The summed E-state index contributed by atoms with van der Waals surface area (Å²) >= 11 is 0. The first-order chi connectivity index (χ1) is 13.0. The van der Waals surface area contributed by atoms with E-state index in [1.807, 2.05) is 44.2 Å². The largest absolute Gasteiger partial charge is 0.497 e. The molecule has 27 heavy (non-hydrogen) atoms. The number of carbonyl (C=O) groups excluding carboxylic acids is 1. The van der Waals surface area contributed by atoms with E-state index in [1.54, 1.807) is 31.4 Å². The van der Waals surface area contributed by atoms with Gasteiger partial charge < -0.3 is 14.8 Å². The molecular weight excluding hydrogens is 342 g/mol. The lowest BCUT2D eigenvalue weighted by Gasteiger charge is -2.10. The number of nitrogens with one attached hydrogen (secondary N) is 1. The van der Waals surface area contributed by atoms with Gasteiger partial charge in [0, 0.05) is 29.1 Å². The second kappa shape index (κ2) is 8.31. The van der Waals surface area contributed by atoms with Crippen LogP contribution in [-0.2, 0) is 4.79 Å². The number of anilines is 1. The summed E-state index contributed by atoms with van der Waals surface area (Å²) in [5, 5.41) is 2.77. The SMILES string of the molecule is COc1cccc(NC(=O)COc2cc(C)nc(-c3ccc(C)cc3)n2)c1. The van der Waals surface area contributed by atoms with Gasteiger partial charge in [-0.15, -0.1) is 0 Å². The molecule has 1 amide bonds. The fourth-order valence-corrected chi connectivity index (χ4v) is 2.48. The molecular formula is C21H21N3O3. The smallest absolute Gasteiger partial charge is 0.262 e. The first-order valence-corrected chi connectivity index (χ1v) is 8.53. The van der Waals surface area contributed by atoms with E-state index in [1.165, 1.54) is 0 Å². The number of amides is 1. The van der Waals surface area contributed by atoms with E-state index in [2.05, 4.69) is 15.3 Å². The standard InChI is InChI=1S/C21H21N3O3/c1-14-7-9-16(10-8-14)21-22-15(2)11-20(24-21)27-13-19(25)23-17-5-4-6-18(12-17)26-3/h4-12H,13H2,1-3H3,(H,23,25). The molecule has 0 fully saturated rings. The highest BCUT2D eigenvalue weighted by Gasteiger charge is 2.09. The van der Waals surface area contributed by atoms with E-state index < -0.39 is 0 Å². The molecule has 0 spiro atoms. The minimum absolute atomic E-state index is 0.152. The summed E-state index contributed by atoms with van der Waals surface area (Å²) in [4.78, 5) is 21.0. The van der Waals surface area contributed by atoms with Crippen molar-refractivity contribution in [1.29, 1.82) is 0 Å². The number of nitrogens with zero attached hydrogens (tertiary/aromatic N) is 2. The summed E-state index contributed by atoms with van der Waals surface area (Å²) in [6.45, 7) is 3.74. The predicted octanol–water partition coefficient (Wildman–Crippen LogP) is 3.79. The second-order valence-electron chi connectivity index (χ2n) is 6.11. The number of aryl methyl sites for hydroxylation is 2. The Morgan fingerprint density at radius 3 is 2.56 bits per heavy atom. The van der Waals surface area contributed by atoms with Crippen molar-refractivity contribution in [2.45, 2.75) is 13.8 Å². The van der Waals surface area contributed by atoms with Gasteiger partial charge in [-0.1, -0.05) is 35.9 Å². The zero-order valence-corrected chi connectivity index (χ0v) is 15.5. The van der Waals surface area contributed by atoms with Gasteiger partial charge in [-0.05, 0) is 26.0 Å². The van der Waals surface area contributed by atoms with Crippen LogP contribution in [-0.4, -0.2) is 29.6 Å². The van der Waals surface area contributed by atoms with Crippen LogP contribution in [0.15, 0.2) is 54.6 Å². The molecule has 2 aromatic carbocycles. The molecule has 0 unspecified atom stereocenters. The van der Waals surface area contributed by atoms with Crippen molar-refractivity contribution in [3.8, 4) is 23.0 Å². The molecule has 1 N–H and O–H groups in total.